The molecule has 1 saturated heterocycles. The van der Waals surface area contributed by atoms with Crippen molar-refractivity contribution in [2.24, 2.45) is 0 Å². The molecule has 1 aromatic carbocycles. The van der Waals surface area contributed by atoms with Gasteiger partial charge in [0.1, 0.15) is 0 Å². The van der Waals surface area contributed by atoms with Crippen LogP contribution in [-0.4, -0.2) is 56.6 Å². The lowest BCUT2D eigenvalue weighted by atomic mass is 10.2. The van der Waals surface area contributed by atoms with Gasteiger partial charge in [0, 0.05) is 58.5 Å². The number of carbonyl (C=O) groups is 2. The first-order valence-corrected chi connectivity index (χ1v) is 8.40. The van der Waals surface area contributed by atoms with Crippen LogP contribution in [0.25, 0.3) is 0 Å². The van der Waals surface area contributed by atoms with Gasteiger partial charge in [-0.15, -0.1) is 0 Å². The van der Waals surface area contributed by atoms with Crippen LogP contribution in [0.1, 0.15) is 26.2 Å². The normalized spacial score (nSPS) is 16.7. The van der Waals surface area contributed by atoms with E-state index >= 15 is 0 Å². The van der Waals surface area contributed by atoms with Crippen LogP contribution < -0.4 is 10.2 Å². The summed E-state index contributed by atoms with van der Waals surface area (Å²) in [5.41, 5.74) is 1.84. The van der Waals surface area contributed by atoms with Gasteiger partial charge in [-0.2, -0.15) is 0 Å². The third kappa shape index (κ3) is 5.53. The van der Waals surface area contributed by atoms with E-state index in [1.165, 1.54) is 6.92 Å². The van der Waals surface area contributed by atoms with Gasteiger partial charge in [-0.05, 0) is 37.1 Å². The van der Waals surface area contributed by atoms with Crippen molar-refractivity contribution in [3.05, 3.63) is 24.3 Å². The van der Waals surface area contributed by atoms with Crippen LogP contribution in [-0.2, 0) is 14.3 Å². The first kappa shape index (κ1) is 18.3. The minimum atomic E-state index is -0.0915. The fraction of sp³-hybridized carbons (Fsp3) is 0.556. The molecule has 1 aliphatic rings. The maximum atomic E-state index is 12.1. The van der Waals surface area contributed by atoms with Crippen LogP contribution in [0.2, 0.25) is 0 Å². The number of benzene rings is 1. The Balaban J connectivity index is 1.80. The Hall–Kier alpha value is -2.08. The minimum Gasteiger partial charge on any atom is -0.378 e. The molecule has 1 aliphatic heterocycles. The monoisotopic (exact) mass is 333 g/mol. The Bertz CT molecular complexity index is 551. The average molecular weight is 333 g/mol. The zero-order valence-corrected chi connectivity index (χ0v) is 14.7. The van der Waals surface area contributed by atoms with Gasteiger partial charge in [-0.3, -0.25) is 9.59 Å². The summed E-state index contributed by atoms with van der Waals surface area (Å²) >= 11 is 0. The SMILES string of the molecule is CC(=O)N(CCC(=O)Nc1ccc(N(C)C)cc1)CC1CCCO1. The quantitative estimate of drug-likeness (QED) is 0.830. The zero-order chi connectivity index (χ0) is 17.5. The Morgan fingerprint density at radius 3 is 2.50 bits per heavy atom. The first-order chi connectivity index (χ1) is 11.5. The molecular formula is C18H27N3O3. The average Bonchev–Trinajstić information content (AvgIpc) is 3.04. The van der Waals surface area contributed by atoms with E-state index in [2.05, 4.69) is 5.32 Å². The van der Waals surface area contributed by atoms with Crippen LogP contribution >= 0.6 is 0 Å². The summed E-state index contributed by atoms with van der Waals surface area (Å²) in [4.78, 5) is 27.5. The van der Waals surface area contributed by atoms with Crippen molar-refractivity contribution in [2.45, 2.75) is 32.3 Å². The number of nitrogens with one attached hydrogen (secondary N) is 1. The second-order valence-corrected chi connectivity index (χ2v) is 6.34. The van der Waals surface area contributed by atoms with Gasteiger partial charge in [-0.1, -0.05) is 0 Å². The largest absolute Gasteiger partial charge is 0.378 e. The van der Waals surface area contributed by atoms with E-state index in [9.17, 15) is 9.59 Å². The van der Waals surface area contributed by atoms with E-state index in [0.717, 1.165) is 30.8 Å². The van der Waals surface area contributed by atoms with Crippen LogP contribution in [0.15, 0.2) is 24.3 Å². The molecule has 0 aliphatic carbocycles. The molecule has 0 spiro atoms. The molecule has 132 valence electrons. The molecule has 1 fully saturated rings. The highest BCUT2D eigenvalue weighted by atomic mass is 16.5. The molecule has 2 amide bonds. The van der Waals surface area contributed by atoms with E-state index in [-0.39, 0.29) is 24.3 Å². The van der Waals surface area contributed by atoms with Crippen LogP contribution in [0.4, 0.5) is 11.4 Å². The van der Waals surface area contributed by atoms with E-state index in [0.29, 0.717) is 13.1 Å². The van der Waals surface area contributed by atoms with Gasteiger partial charge in [0.2, 0.25) is 11.8 Å². The smallest absolute Gasteiger partial charge is 0.226 e. The van der Waals surface area contributed by atoms with Crippen molar-refractivity contribution in [3.63, 3.8) is 0 Å². The fourth-order valence-corrected chi connectivity index (χ4v) is 2.71. The minimum absolute atomic E-state index is 0.0198. The summed E-state index contributed by atoms with van der Waals surface area (Å²) in [6.07, 6.45) is 2.41. The predicted octanol–water partition coefficient (Wildman–Crippen LogP) is 2.11. The fourth-order valence-electron chi connectivity index (χ4n) is 2.71. The second-order valence-electron chi connectivity index (χ2n) is 6.34. The van der Waals surface area contributed by atoms with E-state index < -0.39 is 0 Å². The van der Waals surface area contributed by atoms with Gasteiger partial charge in [-0.25, -0.2) is 0 Å². The molecule has 1 atom stereocenters. The summed E-state index contributed by atoms with van der Waals surface area (Å²) in [6, 6.07) is 7.66. The Kier molecular flexibility index (Phi) is 6.61. The molecular weight excluding hydrogens is 306 g/mol. The van der Waals surface area contributed by atoms with Gasteiger partial charge in [0.25, 0.3) is 0 Å². The summed E-state index contributed by atoms with van der Waals surface area (Å²) in [5, 5.41) is 2.87. The van der Waals surface area contributed by atoms with Crippen molar-refractivity contribution >= 4 is 23.2 Å². The molecule has 0 saturated carbocycles. The molecule has 0 radical (unpaired) electrons. The number of hydrogen-bond donors (Lipinski definition) is 1. The Labute approximate surface area is 143 Å². The number of nitrogens with zero attached hydrogens (tertiary/aromatic N) is 2. The van der Waals surface area contributed by atoms with Crippen LogP contribution in [0.3, 0.4) is 0 Å². The predicted molar refractivity (Wildman–Crippen MR) is 95.2 cm³/mol. The topological polar surface area (TPSA) is 61.9 Å². The molecule has 0 aromatic heterocycles. The zero-order valence-electron chi connectivity index (χ0n) is 14.7. The maximum absolute atomic E-state index is 12.1. The van der Waals surface area contributed by atoms with Crippen molar-refractivity contribution < 1.29 is 14.3 Å². The Morgan fingerprint density at radius 2 is 1.96 bits per heavy atom. The van der Waals surface area contributed by atoms with Crippen molar-refractivity contribution in [1.82, 2.24) is 4.90 Å². The summed E-state index contributed by atoms with van der Waals surface area (Å²) in [6.45, 7) is 3.28. The molecule has 2 rings (SSSR count). The summed E-state index contributed by atoms with van der Waals surface area (Å²) < 4.78 is 5.57. The van der Waals surface area contributed by atoms with Crippen LogP contribution in [0, 0.1) is 0 Å². The van der Waals surface area contributed by atoms with Crippen molar-refractivity contribution in [2.75, 3.05) is 44.0 Å². The summed E-state index contributed by atoms with van der Waals surface area (Å²) in [5.74, 6) is -0.111. The van der Waals surface area contributed by atoms with E-state index in [1.54, 1.807) is 4.90 Å². The van der Waals surface area contributed by atoms with Gasteiger partial charge >= 0.3 is 0 Å². The highest BCUT2D eigenvalue weighted by Crippen LogP contribution is 2.16. The number of ether oxygens (including phenoxy) is 1. The third-order valence-electron chi connectivity index (χ3n) is 4.17. The lowest BCUT2D eigenvalue weighted by Crippen LogP contribution is -2.37. The van der Waals surface area contributed by atoms with Crippen LogP contribution in [0.5, 0.6) is 0 Å². The summed E-state index contributed by atoms with van der Waals surface area (Å²) in [7, 11) is 3.94. The molecule has 6 heteroatoms. The van der Waals surface area contributed by atoms with Gasteiger partial charge < -0.3 is 19.9 Å². The van der Waals surface area contributed by atoms with Gasteiger partial charge in [0.15, 0.2) is 0 Å². The van der Waals surface area contributed by atoms with E-state index in [1.807, 2.05) is 43.3 Å². The molecule has 0 bridgehead atoms. The molecule has 1 N–H and O–H groups in total. The first-order valence-electron chi connectivity index (χ1n) is 8.40. The van der Waals surface area contributed by atoms with Crippen molar-refractivity contribution in [3.8, 4) is 0 Å². The second kappa shape index (κ2) is 8.68. The van der Waals surface area contributed by atoms with Gasteiger partial charge in [0.05, 0.1) is 6.10 Å². The number of anilines is 2. The Morgan fingerprint density at radius 1 is 1.25 bits per heavy atom. The lowest BCUT2D eigenvalue weighted by Gasteiger charge is -2.24. The molecule has 1 aromatic rings. The van der Waals surface area contributed by atoms with E-state index in [4.69, 9.17) is 4.74 Å². The number of amides is 2. The van der Waals surface area contributed by atoms with Crippen molar-refractivity contribution in [1.29, 1.82) is 0 Å². The lowest BCUT2D eigenvalue weighted by molar-refractivity contribution is -0.130. The molecule has 6 nitrogen and oxygen atoms in total. The maximum Gasteiger partial charge on any atom is 0.226 e. The number of carbonyl (C=O) groups excluding carboxylic acids is 2. The molecule has 24 heavy (non-hydrogen) atoms. The number of rotatable bonds is 7. The highest BCUT2D eigenvalue weighted by Gasteiger charge is 2.21. The number of hydrogen-bond acceptors (Lipinski definition) is 4. The highest BCUT2D eigenvalue weighted by molar-refractivity contribution is 5.91. The molecule has 1 heterocycles. The molecule has 1 unspecified atom stereocenters. The standard InChI is InChI=1S/C18H27N3O3/c1-14(22)21(13-17-5-4-12-24-17)11-10-18(23)19-15-6-8-16(9-7-15)20(2)3/h6-9,17H,4-5,10-13H2,1-3H3,(H,19,23). The third-order valence-corrected chi connectivity index (χ3v) is 4.17.